The van der Waals surface area contributed by atoms with Gasteiger partial charge in [0, 0.05) is 25.0 Å². The maximum absolute atomic E-state index is 13.3. The Kier molecular flexibility index (Phi) is 8.57. The van der Waals surface area contributed by atoms with Gasteiger partial charge < -0.3 is 16.2 Å². The van der Waals surface area contributed by atoms with Crippen LogP contribution in [0.15, 0.2) is 0 Å². The lowest BCUT2D eigenvalue weighted by atomic mass is 9.78. The Morgan fingerprint density at radius 2 is 1.71 bits per heavy atom. The Balaban J connectivity index is 1.42. The van der Waals surface area contributed by atoms with E-state index in [-0.39, 0.29) is 46.9 Å². The molecule has 0 radical (unpaired) electrons. The van der Waals surface area contributed by atoms with Crippen molar-refractivity contribution in [1.82, 2.24) is 10.2 Å². The number of nitrogens with two attached hydrogens (primary N) is 1. The summed E-state index contributed by atoms with van der Waals surface area (Å²) in [5.41, 5.74) is 5.84. The van der Waals surface area contributed by atoms with Crippen LogP contribution in [0.25, 0.3) is 0 Å². The zero-order valence-corrected chi connectivity index (χ0v) is 21.3. The highest BCUT2D eigenvalue weighted by molar-refractivity contribution is 7.92. The average Bonchev–Trinajstić information content (AvgIpc) is 3.20. The van der Waals surface area contributed by atoms with E-state index in [1.54, 1.807) is 0 Å². The fourth-order valence-corrected chi connectivity index (χ4v) is 8.79. The Morgan fingerprint density at radius 3 is 2.38 bits per heavy atom. The zero-order chi connectivity index (χ0) is 24.3. The fourth-order valence-electron chi connectivity index (χ4n) is 6.94. The van der Waals surface area contributed by atoms with Gasteiger partial charge in [-0.1, -0.05) is 19.3 Å². The number of rotatable bonds is 8. The molecule has 0 aromatic rings. The standard InChI is InChI=1S/C25H44N4O4S/c26-24(27)19-9-8-18-14-23(25(31)28-16-17-6-10-20(30)11-7-17)29(22(18)15-19)12-13-34(32,33)21-4-2-1-3-5-21/h17-23,30H,1-16H2,(H3,26,27)(H,28,31). The molecule has 0 bridgehead atoms. The van der Waals surface area contributed by atoms with Crippen molar-refractivity contribution in [3.8, 4) is 0 Å². The van der Waals surface area contributed by atoms with Gasteiger partial charge in [0.2, 0.25) is 5.91 Å². The summed E-state index contributed by atoms with van der Waals surface area (Å²) in [4.78, 5) is 15.5. The van der Waals surface area contributed by atoms with Gasteiger partial charge in [0.1, 0.15) is 0 Å². The quantitative estimate of drug-likeness (QED) is 0.300. The van der Waals surface area contributed by atoms with Crippen molar-refractivity contribution in [2.24, 2.45) is 23.5 Å². The molecule has 194 valence electrons. The lowest BCUT2D eigenvalue weighted by Crippen LogP contribution is -2.50. The van der Waals surface area contributed by atoms with Gasteiger partial charge in [0.25, 0.3) is 0 Å². The number of carbonyl (C=O) groups is 1. The Hall–Kier alpha value is -1.19. The van der Waals surface area contributed by atoms with E-state index < -0.39 is 9.84 Å². The molecule has 4 unspecified atom stereocenters. The number of nitrogens with one attached hydrogen (secondary N) is 2. The van der Waals surface area contributed by atoms with Gasteiger partial charge >= 0.3 is 0 Å². The van der Waals surface area contributed by atoms with Crippen molar-refractivity contribution in [2.75, 3.05) is 18.8 Å². The van der Waals surface area contributed by atoms with Crippen LogP contribution in [-0.2, 0) is 14.6 Å². The maximum atomic E-state index is 13.3. The molecule has 1 aliphatic heterocycles. The van der Waals surface area contributed by atoms with Gasteiger partial charge in [-0.15, -0.1) is 0 Å². The van der Waals surface area contributed by atoms with Crippen molar-refractivity contribution >= 4 is 21.6 Å². The molecular formula is C25H44N4O4S. The molecule has 9 heteroatoms. The number of aliphatic hydroxyl groups excluding tert-OH is 1. The van der Waals surface area contributed by atoms with E-state index >= 15 is 0 Å². The summed E-state index contributed by atoms with van der Waals surface area (Å²) in [7, 11) is -3.19. The van der Waals surface area contributed by atoms with Crippen LogP contribution in [-0.4, -0.2) is 72.4 Å². The predicted octanol–water partition coefficient (Wildman–Crippen LogP) is 2.20. The maximum Gasteiger partial charge on any atom is 0.237 e. The summed E-state index contributed by atoms with van der Waals surface area (Å²) < 4.78 is 26.2. The molecule has 1 heterocycles. The van der Waals surface area contributed by atoms with E-state index in [4.69, 9.17) is 11.1 Å². The first-order valence-corrected chi connectivity index (χ1v) is 15.2. The topological polar surface area (TPSA) is 137 Å². The SMILES string of the molecule is N=C(N)C1CCC2CC(C(=O)NCC3CCC(O)CC3)N(CCS(=O)(=O)C3CCCCC3)C2C1. The molecule has 0 spiro atoms. The second-order valence-corrected chi connectivity index (χ2v) is 13.7. The third-order valence-corrected chi connectivity index (χ3v) is 11.4. The molecule has 4 aliphatic rings. The van der Waals surface area contributed by atoms with E-state index in [9.17, 15) is 18.3 Å². The lowest BCUT2D eigenvalue weighted by Gasteiger charge is -2.37. The monoisotopic (exact) mass is 496 g/mol. The highest BCUT2D eigenvalue weighted by Gasteiger charge is 2.47. The number of nitrogens with zero attached hydrogens (tertiary/aromatic N) is 1. The van der Waals surface area contributed by atoms with Crippen LogP contribution in [0.3, 0.4) is 0 Å². The first kappa shape index (κ1) is 25.9. The lowest BCUT2D eigenvalue weighted by molar-refractivity contribution is -0.126. The summed E-state index contributed by atoms with van der Waals surface area (Å²) >= 11 is 0. The van der Waals surface area contributed by atoms with Crippen LogP contribution in [0.1, 0.15) is 83.5 Å². The first-order valence-electron chi connectivity index (χ1n) is 13.5. The van der Waals surface area contributed by atoms with Gasteiger partial charge in [-0.25, -0.2) is 8.42 Å². The van der Waals surface area contributed by atoms with E-state index in [1.165, 1.54) is 0 Å². The van der Waals surface area contributed by atoms with Gasteiger partial charge in [0.15, 0.2) is 9.84 Å². The van der Waals surface area contributed by atoms with E-state index in [0.717, 1.165) is 83.5 Å². The Morgan fingerprint density at radius 1 is 1.00 bits per heavy atom. The van der Waals surface area contributed by atoms with Gasteiger partial charge in [-0.05, 0) is 76.0 Å². The molecule has 3 aliphatic carbocycles. The largest absolute Gasteiger partial charge is 0.393 e. The van der Waals surface area contributed by atoms with Crippen LogP contribution in [0.2, 0.25) is 0 Å². The van der Waals surface area contributed by atoms with Crippen molar-refractivity contribution in [3.05, 3.63) is 0 Å². The minimum atomic E-state index is -3.19. The summed E-state index contributed by atoms with van der Waals surface area (Å²) in [6, 6.07) is -0.193. The summed E-state index contributed by atoms with van der Waals surface area (Å²) in [5.74, 6) is 1.10. The van der Waals surface area contributed by atoms with Crippen molar-refractivity contribution in [2.45, 2.75) is 107 Å². The van der Waals surface area contributed by atoms with Gasteiger partial charge in [-0.3, -0.25) is 15.1 Å². The molecule has 5 N–H and O–H groups in total. The fraction of sp³-hybridized carbons (Fsp3) is 0.920. The number of hydrogen-bond acceptors (Lipinski definition) is 6. The highest BCUT2D eigenvalue weighted by Crippen LogP contribution is 2.42. The normalized spacial score (nSPS) is 35.6. The Bertz CT molecular complexity index is 821. The number of aliphatic hydroxyl groups is 1. The third kappa shape index (κ3) is 6.13. The molecule has 0 aromatic carbocycles. The van der Waals surface area contributed by atoms with Gasteiger partial charge in [0.05, 0.1) is 29.0 Å². The molecule has 8 nitrogen and oxygen atoms in total. The zero-order valence-electron chi connectivity index (χ0n) is 20.5. The van der Waals surface area contributed by atoms with E-state index in [0.29, 0.717) is 24.9 Å². The number of likely N-dealkylation sites (tertiary alicyclic amines) is 1. The summed E-state index contributed by atoms with van der Waals surface area (Å²) in [6.07, 6.45) is 11.2. The number of hydrogen-bond donors (Lipinski definition) is 4. The number of sulfone groups is 1. The third-order valence-electron chi connectivity index (χ3n) is 9.13. The minimum Gasteiger partial charge on any atom is -0.393 e. The van der Waals surface area contributed by atoms with Gasteiger partial charge in [-0.2, -0.15) is 0 Å². The van der Waals surface area contributed by atoms with Crippen LogP contribution >= 0.6 is 0 Å². The second-order valence-electron chi connectivity index (χ2n) is 11.3. The van der Waals surface area contributed by atoms with E-state index in [2.05, 4.69) is 10.2 Å². The average molecular weight is 497 g/mol. The highest BCUT2D eigenvalue weighted by atomic mass is 32.2. The Labute approximate surface area is 204 Å². The smallest absolute Gasteiger partial charge is 0.237 e. The predicted molar refractivity (Wildman–Crippen MR) is 133 cm³/mol. The molecule has 0 aromatic heterocycles. The molecule has 4 fully saturated rings. The first-order chi connectivity index (χ1) is 16.2. The van der Waals surface area contributed by atoms with Crippen molar-refractivity contribution in [1.29, 1.82) is 5.41 Å². The van der Waals surface area contributed by atoms with E-state index in [1.807, 2.05) is 0 Å². The van der Waals surface area contributed by atoms with Crippen molar-refractivity contribution in [3.63, 3.8) is 0 Å². The molecule has 34 heavy (non-hydrogen) atoms. The molecule has 4 atom stereocenters. The minimum absolute atomic E-state index is 0.00922. The summed E-state index contributed by atoms with van der Waals surface area (Å²) in [6.45, 7) is 1.01. The molecule has 4 rings (SSSR count). The number of fused-ring (bicyclic) bond motifs is 1. The molecule has 1 saturated heterocycles. The molecular weight excluding hydrogens is 452 g/mol. The number of amides is 1. The molecule has 1 amide bonds. The molecule has 3 saturated carbocycles. The van der Waals surface area contributed by atoms with Crippen LogP contribution in [0.5, 0.6) is 0 Å². The van der Waals surface area contributed by atoms with Crippen molar-refractivity contribution < 1.29 is 18.3 Å². The van der Waals surface area contributed by atoms with Crippen LogP contribution < -0.4 is 11.1 Å². The summed E-state index contributed by atoms with van der Waals surface area (Å²) in [5, 5.41) is 20.6. The number of carbonyl (C=O) groups excluding carboxylic acids is 1. The second kappa shape index (κ2) is 11.2. The van der Waals surface area contributed by atoms with Crippen LogP contribution in [0.4, 0.5) is 0 Å². The van der Waals surface area contributed by atoms with Crippen LogP contribution in [0, 0.1) is 23.2 Å². The number of amidine groups is 1.